The van der Waals surface area contributed by atoms with Crippen LogP contribution in [0.2, 0.25) is 19.1 Å². The Hall–Kier alpha value is -2.43. The average molecular weight is 582 g/mol. The van der Waals surface area contributed by atoms with Crippen LogP contribution < -0.4 is 26.0 Å². The number of benzene rings is 4. The number of aromatic hydroxyl groups is 1. The van der Waals surface area contributed by atoms with Crippen LogP contribution in [0.4, 0.5) is 0 Å². The molecule has 0 saturated heterocycles. The zero-order valence-corrected chi connectivity index (χ0v) is 24.6. The molecule has 0 saturated carbocycles. The molecule has 4 aromatic rings. The van der Waals surface area contributed by atoms with Gasteiger partial charge in [0.2, 0.25) is 0 Å². The second kappa shape index (κ2) is 10.9. The number of phenolic OH excluding ortho intramolecular Hbond substituents is 1. The summed E-state index contributed by atoms with van der Waals surface area (Å²) in [5.74, 6) is 0.984. The van der Waals surface area contributed by atoms with Gasteiger partial charge in [0.15, 0.2) is 0 Å². The van der Waals surface area contributed by atoms with Gasteiger partial charge in [-0.2, -0.15) is 0 Å². The predicted octanol–water partition coefficient (Wildman–Crippen LogP) is 6.48. The number of hydrogen-bond acceptors (Lipinski definition) is 3. The van der Waals surface area contributed by atoms with Crippen LogP contribution in [-0.4, -0.2) is 27.1 Å². The van der Waals surface area contributed by atoms with E-state index in [1.165, 1.54) is 0 Å². The Morgan fingerprint density at radius 3 is 1.67 bits per heavy atom. The second-order valence-corrected chi connectivity index (χ2v) is 22.3. The molecule has 36 heavy (non-hydrogen) atoms. The van der Waals surface area contributed by atoms with Crippen molar-refractivity contribution in [2.75, 3.05) is 13.7 Å². The standard InChI is InChI=1S/C30H34BrO3PSi/c1-33-36(2,3)23-13-22-34-29-21-20-25(32)24-30(29)35(31,26-14-7-4-8-15-26,27-16-9-5-10-17-27)28-18-11-6-12-19-28/h4-12,14-21,24,32H,13,22-23H2,1-3H3. The third kappa shape index (κ3) is 4.90. The first-order valence-electron chi connectivity index (χ1n) is 12.2. The Morgan fingerprint density at radius 2 is 1.22 bits per heavy atom. The summed E-state index contributed by atoms with van der Waals surface area (Å²) in [4.78, 5) is 0. The molecule has 0 fully saturated rings. The second-order valence-electron chi connectivity index (χ2n) is 9.58. The summed E-state index contributed by atoms with van der Waals surface area (Å²) in [6.07, 6.45) is 0.910. The summed E-state index contributed by atoms with van der Waals surface area (Å²) in [6, 6.07) is 38.1. The zero-order valence-electron chi connectivity index (χ0n) is 21.1. The van der Waals surface area contributed by atoms with Gasteiger partial charge in [0.05, 0.1) is 0 Å². The molecular weight excluding hydrogens is 547 g/mol. The molecule has 188 valence electrons. The van der Waals surface area contributed by atoms with E-state index < -0.39 is 13.6 Å². The first-order valence-corrected chi connectivity index (χ1v) is 19.6. The normalized spacial score (nSPS) is 13.1. The van der Waals surface area contributed by atoms with E-state index >= 15 is 0 Å². The molecule has 0 aromatic heterocycles. The van der Waals surface area contributed by atoms with Crippen molar-refractivity contribution < 1.29 is 14.3 Å². The van der Waals surface area contributed by atoms with Gasteiger partial charge >= 0.3 is 225 Å². The number of rotatable bonds is 10. The molecule has 4 aromatic carbocycles. The first-order chi connectivity index (χ1) is 17.3. The zero-order chi connectivity index (χ0) is 25.7. The van der Waals surface area contributed by atoms with E-state index in [1.54, 1.807) is 13.2 Å². The number of ether oxygens (including phenoxy) is 1. The molecule has 0 aliphatic heterocycles. The fourth-order valence-electron chi connectivity index (χ4n) is 4.73. The topological polar surface area (TPSA) is 38.7 Å². The van der Waals surface area contributed by atoms with Crippen molar-refractivity contribution in [1.29, 1.82) is 0 Å². The number of phenols is 1. The molecule has 0 aliphatic carbocycles. The molecule has 4 rings (SSSR count). The maximum absolute atomic E-state index is 10.8. The van der Waals surface area contributed by atoms with Gasteiger partial charge in [0.25, 0.3) is 0 Å². The van der Waals surface area contributed by atoms with Crippen LogP contribution in [0.5, 0.6) is 11.5 Å². The van der Waals surface area contributed by atoms with Gasteiger partial charge in [0, 0.05) is 0 Å². The summed E-state index contributed by atoms with van der Waals surface area (Å²) in [7, 11) is 0.136. The Kier molecular flexibility index (Phi) is 8.06. The fourth-order valence-corrected chi connectivity index (χ4v) is 13.7. The monoisotopic (exact) mass is 580 g/mol. The van der Waals surface area contributed by atoms with Gasteiger partial charge in [-0.3, -0.25) is 0 Å². The quantitative estimate of drug-likeness (QED) is 0.132. The average Bonchev–Trinajstić information content (AvgIpc) is 2.93. The summed E-state index contributed by atoms with van der Waals surface area (Å²) in [5, 5.41) is 11.7. The van der Waals surface area contributed by atoms with Gasteiger partial charge in [-0.1, -0.05) is 0 Å². The van der Waals surface area contributed by atoms with Crippen LogP contribution in [0.3, 0.4) is 0 Å². The Balaban J connectivity index is 1.97. The minimum absolute atomic E-state index is 0.210. The van der Waals surface area contributed by atoms with Crippen molar-refractivity contribution >= 4 is 50.3 Å². The molecule has 0 aliphatic rings. The summed E-state index contributed by atoms with van der Waals surface area (Å²) in [5.41, 5.74) is 0. The van der Waals surface area contributed by atoms with Crippen LogP contribution >= 0.6 is 20.8 Å². The van der Waals surface area contributed by atoms with E-state index in [0.717, 1.165) is 39.4 Å². The minimum atomic E-state index is -3.50. The molecule has 0 unspecified atom stereocenters. The van der Waals surface area contributed by atoms with Gasteiger partial charge < -0.3 is 0 Å². The van der Waals surface area contributed by atoms with E-state index in [2.05, 4.69) is 101 Å². The molecule has 0 bridgehead atoms. The van der Waals surface area contributed by atoms with Crippen molar-refractivity contribution in [2.45, 2.75) is 25.6 Å². The van der Waals surface area contributed by atoms with Crippen LogP contribution in [0, 0.1) is 0 Å². The van der Waals surface area contributed by atoms with Gasteiger partial charge in [-0.05, 0) is 0 Å². The van der Waals surface area contributed by atoms with Crippen LogP contribution in [-0.2, 0) is 4.43 Å². The van der Waals surface area contributed by atoms with E-state index in [4.69, 9.17) is 9.16 Å². The summed E-state index contributed by atoms with van der Waals surface area (Å²) in [6.45, 7) is 5.03. The number of halogens is 1. The van der Waals surface area contributed by atoms with Crippen LogP contribution in [0.25, 0.3) is 0 Å². The molecule has 3 nitrogen and oxygen atoms in total. The van der Waals surface area contributed by atoms with Crippen molar-refractivity contribution in [2.24, 2.45) is 0 Å². The molecule has 0 atom stereocenters. The molecule has 0 amide bonds. The van der Waals surface area contributed by atoms with E-state index in [-0.39, 0.29) is 5.75 Å². The predicted molar refractivity (Wildman–Crippen MR) is 161 cm³/mol. The first kappa shape index (κ1) is 26.6. The van der Waals surface area contributed by atoms with Crippen molar-refractivity contribution in [3.63, 3.8) is 0 Å². The Bertz CT molecular complexity index is 1180. The third-order valence-electron chi connectivity index (χ3n) is 6.85. The third-order valence-corrected chi connectivity index (χ3v) is 19.4. The van der Waals surface area contributed by atoms with Gasteiger partial charge in [-0.15, -0.1) is 0 Å². The Labute approximate surface area is 223 Å². The molecule has 0 spiro atoms. The van der Waals surface area contributed by atoms with Crippen molar-refractivity contribution in [3.05, 3.63) is 109 Å². The van der Waals surface area contributed by atoms with Gasteiger partial charge in [0.1, 0.15) is 0 Å². The van der Waals surface area contributed by atoms with Crippen molar-refractivity contribution in [1.82, 2.24) is 0 Å². The van der Waals surface area contributed by atoms with Gasteiger partial charge in [-0.25, -0.2) is 0 Å². The molecule has 0 heterocycles. The Morgan fingerprint density at radius 1 is 0.750 bits per heavy atom. The van der Waals surface area contributed by atoms with E-state index in [0.29, 0.717) is 6.61 Å². The molecule has 0 radical (unpaired) electrons. The number of hydrogen-bond donors (Lipinski definition) is 1. The molecular formula is C30H34BrO3PSi. The molecule has 6 heteroatoms. The summed E-state index contributed by atoms with van der Waals surface area (Å²) < 4.78 is 12.2. The van der Waals surface area contributed by atoms with Crippen LogP contribution in [0.15, 0.2) is 109 Å². The van der Waals surface area contributed by atoms with E-state index in [9.17, 15) is 5.11 Å². The fraction of sp³-hybridized carbons (Fsp3) is 0.200. The van der Waals surface area contributed by atoms with E-state index in [1.807, 2.05) is 30.3 Å². The van der Waals surface area contributed by atoms with Crippen molar-refractivity contribution in [3.8, 4) is 11.5 Å². The van der Waals surface area contributed by atoms with Crippen LogP contribution in [0.1, 0.15) is 6.42 Å². The summed E-state index contributed by atoms with van der Waals surface area (Å²) >= 11 is 4.49. The molecule has 1 N–H and O–H groups in total. The SMILES string of the molecule is CO[Si](C)(C)CCCOc1ccc(O)cc1P(Br)(c1ccccc1)(c1ccccc1)c1ccccc1. The maximum atomic E-state index is 10.8.